The second-order valence-corrected chi connectivity index (χ2v) is 7.58. The smallest absolute Gasteiger partial charge is 0.258 e. The number of anilines is 1. The van der Waals surface area contributed by atoms with Crippen LogP contribution in [0.15, 0.2) is 47.4 Å². The van der Waals surface area contributed by atoms with Gasteiger partial charge in [-0.25, -0.2) is 8.42 Å². The lowest BCUT2D eigenvalue weighted by Gasteiger charge is -2.18. The fourth-order valence-electron chi connectivity index (χ4n) is 2.08. The molecule has 2 aromatic rings. The van der Waals surface area contributed by atoms with Gasteiger partial charge in [-0.15, -0.1) is 0 Å². The van der Waals surface area contributed by atoms with Gasteiger partial charge < -0.3 is 10.6 Å². The summed E-state index contributed by atoms with van der Waals surface area (Å²) in [7, 11) is -2.01. The molecule has 0 spiro atoms. The number of rotatable bonds is 4. The van der Waals surface area contributed by atoms with Crippen LogP contribution in [0.1, 0.15) is 20.7 Å². The summed E-state index contributed by atoms with van der Waals surface area (Å²) in [5, 5.41) is 0.0579. The van der Waals surface area contributed by atoms with Crippen LogP contribution in [0.2, 0.25) is 5.02 Å². The first-order valence-electron chi connectivity index (χ1n) is 6.79. The first-order chi connectivity index (χ1) is 11.1. The molecule has 0 saturated carbocycles. The van der Waals surface area contributed by atoms with E-state index in [1.165, 1.54) is 42.3 Å². The Balaban J connectivity index is 2.36. The van der Waals surface area contributed by atoms with Crippen molar-refractivity contribution >= 4 is 38.9 Å². The van der Waals surface area contributed by atoms with E-state index >= 15 is 0 Å². The predicted octanol–water partition coefficient (Wildman–Crippen LogP) is 2.12. The zero-order valence-electron chi connectivity index (χ0n) is 13.0. The van der Waals surface area contributed by atoms with Gasteiger partial charge in [0.2, 0.25) is 5.91 Å². The zero-order valence-corrected chi connectivity index (χ0v) is 14.6. The number of primary amides is 1. The minimum Gasteiger partial charge on any atom is -0.366 e. The number of sulfone groups is 1. The third-order valence-corrected chi connectivity index (χ3v) is 5.00. The second kappa shape index (κ2) is 6.62. The van der Waals surface area contributed by atoms with Crippen molar-refractivity contribution in [2.45, 2.75) is 4.90 Å². The first-order valence-corrected chi connectivity index (χ1v) is 9.05. The summed E-state index contributed by atoms with van der Waals surface area (Å²) in [6.45, 7) is 0. The normalized spacial score (nSPS) is 11.1. The van der Waals surface area contributed by atoms with Crippen molar-refractivity contribution in [3.05, 3.63) is 58.6 Å². The molecule has 0 fully saturated rings. The lowest BCUT2D eigenvalue weighted by atomic mass is 10.1. The highest BCUT2D eigenvalue weighted by Crippen LogP contribution is 2.24. The number of carbonyl (C=O) groups excluding carboxylic acids is 2. The minimum atomic E-state index is -3.55. The van der Waals surface area contributed by atoms with Crippen LogP contribution < -0.4 is 10.6 Å². The maximum absolute atomic E-state index is 12.6. The highest BCUT2D eigenvalue weighted by atomic mass is 35.5. The van der Waals surface area contributed by atoms with Gasteiger partial charge in [-0.3, -0.25) is 9.59 Å². The van der Waals surface area contributed by atoms with Gasteiger partial charge >= 0.3 is 0 Å². The molecule has 2 aromatic carbocycles. The average Bonchev–Trinajstić information content (AvgIpc) is 2.53. The topological polar surface area (TPSA) is 97.5 Å². The minimum absolute atomic E-state index is 0.0579. The maximum atomic E-state index is 12.6. The Labute approximate surface area is 144 Å². The van der Waals surface area contributed by atoms with Gasteiger partial charge in [0.25, 0.3) is 5.91 Å². The molecule has 0 heterocycles. The molecule has 0 saturated heterocycles. The molecule has 2 rings (SSSR count). The van der Waals surface area contributed by atoms with Crippen molar-refractivity contribution < 1.29 is 18.0 Å². The summed E-state index contributed by atoms with van der Waals surface area (Å²) in [5.41, 5.74) is 6.21. The third-order valence-electron chi connectivity index (χ3n) is 3.42. The summed E-state index contributed by atoms with van der Waals surface area (Å²) in [6.07, 6.45) is 1.02. The van der Waals surface area contributed by atoms with E-state index in [2.05, 4.69) is 0 Å². The molecule has 0 radical (unpaired) electrons. The highest BCUT2D eigenvalue weighted by Gasteiger charge is 2.19. The molecule has 0 atom stereocenters. The number of nitrogens with two attached hydrogens (primary N) is 1. The van der Waals surface area contributed by atoms with Crippen LogP contribution in [0.3, 0.4) is 0 Å². The van der Waals surface area contributed by atoms with E-state index < -0.39 is 21.7 Å². The van der Waals surface area contributed by atoms with Gasteiger partial charge in [-0.05, 0) is 42.5 Å². The Morgan fingerprint density at radius 3 is 2.08 bits per heavy atom. The first kappa shape index (κ1) is 18.0. The number of nitrogens with zero attached hydrogens (tertiary/aromatic N) is 1. The van der Waals surface area contributed by atoms with Crippen molar-refractivity contribution in [2.24, 2.45) is 5.73 Å². The standard InChI is InChI=1S/C16H15ClN2O4S/c1-19(12-6-3-10(4-7-12)15(18)20)16(21)11-5-8-13(17)14(9-11)24(2,22)23/h3-9H,1-2H3,(H2,18,20). The number of hydrogen-bond donors (Lipinski definition) is 1. The SMILES string of the molecule is CN(C(=O)c1ccc(Cl)c(S(C)(=O)=O)c1)c1ccc(C(N)=O)cc1. The Bertz CT molecular complexity index is 908. The lowest BCUT2D eigenvalue weighted by Crippen LogP contribution is -2.26. The van der Waals surface area contributed by atoms with Gasteiger partial charge in [0.15, 0.2) is 9.84 Å². The quantitative estimate of drug-likeness (QED) is 0.896. The van der Waals surface area contributed by atoms with Gasteiger partial charge in [-0.1, -0.05) is 11.6 Å². The van der Waals surface area contributed by atoms with Crippen LogP contribution in [-0.2, 0) is 9.84 Å². The summed E-state index contributed by atoms with van der Waals surface area (Å²) < 4.78 is 23.4. The molecule has 6 nitrogen and oxygen atoms in total. The molecular formula is C16H15ClN2O4S. The van der Waals surface area contributed by atoms with Crippen molar-refractivity contribution in [3.63, 3.8) is 0 Å². The molecule has 0 aromatic heterocycles. The Hall–Kier alpha value is -2.38. The molecule has 0 bridgehead atoms. The van der Waals surface area contributed by atoms with Gasteiger partial charge in [0.05, 0.1) is 9.92 Å². The van der Waals surface area contributed by atoms with E-state index in [1.807, 2.05) is 0 Å². The third kappa shape index (κ3) is 3.74. The number of carbonyl (C=O) groups is 2. The molecule has 8 heteroatoms. The van der Waals surface area contributed by atoms with E-state index in [0.717, 1.165) is 6.26 Å². The fraction of sp³-hybridized carbons (Fsp3) is 0.125. The molecular weight excluding hydrogens is 352 g/mol. The van der Waals surface area contributed by atoms with E-state index in [1.54, 1.807) is 12.1 Å². The molecule has 0 aliphatic carbocycles. The van der Waals surface area contributed by atoms with Gasteiger partial charge in [0.1, 0.15) is 0 Å². The Morgan fingerprint density at radius 2 is 1.58 bits per heavy atom. The van der Waals surface area contributed by atoms with Crippen LogP contribution in [0.5, 0.6) is 0 Å². The molecule has 0 unspecified atom stereocenters. The van der Waals surface area contributed by atoms with E-state index in [9.17, 15) is 18.0 Å². The van der Waals surface area contributed by atoms with Crippen LogP contribution in [0.25, 0.3) is 0 Å². The maximum Gasteiger partial charge on any atom is 0.258 e. The fourth-order valence-corrected chi connectivity index (χ4v) is 3.38. The molecule has 24 heavy (non-hydrogen) atoms. The number of amides is 2. The summed E-state index contributed by atoms with van der Waals surface area (Å²) in [4.78, 5) is 24.9. The van der Waals surface area contributed by atoms with Crippen LogP contribution in [0, 0.1) is 0 Å². The van der Waals surface area contributed by atoms with Crippen molar-refractivity contribution in [1.82, 2.24) is 0 Å². The van der Waals surface area contributed by atoms with E-state index in [0.29, 0.717) is 11.3 Å². The van der Waals surface area contributed by atoms with Gasteiger partial charge in [-0.2, -0.15) is 0 Å². The van der Waals surface area contributed by atoms with Crippen molar-refractivity contribution in [1.29, 1.82) is 0 Å². The highest BCUT2D eigenvalue weighted by molar-refractivity contribution is 7.90. The van der Waals surface area contributed by atoms with Crippen molar-refractivity contribution in [2.75, 3.05) is 18.2 Å². The molecule has 2 amide bonds. The summed E-state index contributed by atoms with van der Waals surface area (Å²) in [5.74, 6) is -0.977. The van der Waals surface area contributed by atoms with Gasteiger partial charge in [0, 0.05) is 30.1 Å². The summed E-state index contributed by atoms with van der Waals surface area (Å²) >= 11 is 5.88. The molecule has 0 aliphatic rings. The average molecular weight is 367 g/mol. The zero-order chi connectivity index (χ0) is 18.1. The lowest BCUT2D eigenvalue weighted by molar-refractivity contribution is 0.0989. The largest absolute Gasteiger partial charge is 0.366 e. The Morgan fingerprint density at radius 1 is 1.04 bits per heavy atom. The molecule has 2 N–H and O–H groups in total. The Kier molecular flexibility index (Phi) is 4.96. The number of halogens is 1. The number of benzene rings is 2. The molecule has 0 aliphatic heterocycles. The van der Waals surface area contributed by atoms with E-state index in [4.69, 9.17) is 17.3 Å². The predicted molar refractivity (Wildman–Crippen MR) is 92.3 cm³/mol. The van der Waals surface area contributed by atoms with E-state index in [-0.39, 0.29) is 15.5 Å². The monoisotopic (exact) mass is 366 g/mol. The van der Waals surface area contributed by atoms with Crippen LogP contribution in [0.4, 0.5) is 5.69 Å². The summed E-state index contributed by atoms with van der Waals surface area (Å²) in [6, 6.07) is 10.2. The number of hydrogen-bond acceptors (Lipinski definition) is 4. The van der Waals surface area contributed by atoms with Crippen LogP contribution in [-0.4, -0.2) is 33.5 Å². The van der Waals surface area contributed by atoms with Crippen LogP contribution >= 0.6 is 11.6 Å². The molecule has 126 valence electrons. The van der Waals surface area contributed by atoms with Crippen molar-refractivity contribution in [3.8, 4) is 0 Å². The second-order valence-electron chi connectivity index (χ2n) is 5.19.